The van der Waals surface area contributed by atoms with Crippen LogP contribution in [0.2, 0.25) is 0 Å². The van der Waals surface area contributed by atoms with Crippen LogP contribution in [-0.4, -0.2) is 35.3 Å². The standard InChI is InChI=1S/C20H25NO3/c22-17-14-20(24-18-9-5-4-8-16(17)18)10-12-21(13-11-20)19(23)15-6-2-1-3-7-15/h4-5,8-9,15H,1-3,6-7,10-14H2. The number of rotatable bonds is 1. The number of piperidine rings is 1. The second kappa shape index (κ2) is 6.23. The summed E-state index contributed by atoms with van der Waals surface area (Å²) in [6, 6.07) is 7.51. The number of hydrogen-bond donors (Lipinski definition) is 0. The first-order chi connectivity index (χ1) is 11.7. The summed E-state index contributed by atoms with van der Waals surface area (Å²) < 4.78 is 6.25. The number of ether oxygens (including phenoxy) is 1. The van der Waals surface area contributed by atoms with Gasteiger partial charge in [-0.25, -0.2) is 0 Å². The fourth-order valence-corrected chi connectivity index (χ4v) is 4.46. The van der Waals surface area contributed by atoms with E-state index in [1.54, 1.807) is 0 Å². The van der Waals surface area contributed by atoms with Crippen LogP contribution in [0.3, 0.4) is 0 Å². The summed E-state index contributed by atoms with van der Waals surface area (Å²) in [6.45, 7) is 1.43. The SMILES string of the molecule is O=C1CC2(CCN(C(=O)C3CCCCC3)CC2)Oc2ccccc21. The summed E-state index contributed by atoms with van der Waals surface area (Å²) in [7, 11) is 0. The first kappa shape index (κ1) is 15.7. The summed E-state index contributed by atoms with van der Waals surface area (Å²) in [4.78, 5) is 27.2. The fourth-order valence-electron chi connectivity index (χ4n) is 4.46. The van der Waals surface area contributed by atoms with Crippen molar-refractivity contribution in [2.75, 3.05) is 13.1 Å². The monoisotopic (exact) mass is 327 g/mol. The predicted octanol–water partition coefficient (Wildman–Crippen LogP) is 3.59. The molecular weight excluding hydrogens is 302 g/mol. The first-order valence-electron chi connectivity index (χ1n) is 9.27. The summed E-state index contributed by atoms with van der Waals surface area (Å²) >= 11 is 0. The van der Waals surface area contributed by atoms with Crippen LogP contribution in [0.25, 0.3) is 0 Å². The molecule has 0 atom stereocenters. The van der Waals surface area contributed by atoms with Gasteiger partial charge in [-0.15, -0.1) is 0 Å². The zero-order valence-corrected chi connectivity index (χ0v) is 14.1. The highest BCUT2D eigenvalue weighted by molar-refractivity contribution is 6.00. The molecule has 1 aromatic carbocycles. The number of carbonyl (C=O) groups is 2. The van der Waals surface area contributed by atoms with Crippen LogP contribution >= 0.6 is 0 Å². The lowest BCUT2D eigenvalue weighted by molar-refractivity contribution is -0.140. The maximum absolute atomic E-state index is 12.7. The molecule has 1 amide bonds. The Morgan fingerprint density at radius 1 is 1.08 bits per heavy atom. The van der Waals surface area contributed by atoms with Crippen molar-refractivity contribution in [3.05, 3.63) is 29.8 Å². The minimum absolute atomic E-state index is 0.170. The molecule has 24 heavy (non-hydrogen) atoms. The van der Waals surface area contributed by atoms with Gasteiger partial charge in [0.15, 0.2) is 5.78 Å². The molecule has 4 nitrogen and oxygen atoms in total. The zero-order valence-electron chi connectivity index (χ0n) is 14.1. The van der Waals surface area contributed by atoms with Gasteiger partial charge in [-0.1, -0.05) is 31.4 Å². The Hall–Kier alpha value is -1.84. The highest BCUT2D eigenvalue weighted by Gasteiger charge is 2.44. The van der Waals surface area contributed by atoms with Gasteiger partial charge in [0.1, 0.15) is 11.4 Å². The summed E-state index contributed by atoms with van der Waals surface area (Å²) in [5.74, 6) is 1.43. The van der Waals surface area contributed by atoms with E-state index in [4.69, 9.17) is 4.74 Å². The van der Waals surface area contributed by atoms with E-state index in [2.05, 4.69) is 0 Å². The Kier molecular flexibility index (Phi) is 4.07. The lowest BCUT2D eigenvalue weighted by Gasteiger charge is -2.44. The van der Waals surface area contributed by atoms with Crippen LogP contribution in [0, 0.1) is 5.92 Å². The third-order valence-corrected chi connectivity index (χ3v) is 5.94. The summed E-state index contributed by atoms with van der Waals surface area (Å²) in [5.41, 5.74) is 0.290. The molecule has 1 saturated carbocycles. The summed E-state index contributed by atoms with van der Waals surface area (Å²) in [5, 5.41) is 0. The van der Waals surface area contributed by atoms with Gasteiger partial charge >= 0.3 is 0 Å². The van der Waals surface area contributed by atoms with Gasteiger partial charge < -0.3 is 9.64 Å². The molecule has 2 aliphatic heterocycles. The molecule has 4 heteroatoms. The molecule has 1 aliphatic carbocycles. The molecule has 1 aromatic rings. The Balaban J connectivity index is 1.43. The van der Waals surface area contributed by atoms with Crippen molar-refractivity contribution in [2.45, 2.75) is 57.0 Å². The van der Waals surface area contributed by atoms with Gasteiger partial charge in [0.05, 0.1) is 12.0 Å². The van der Waals surface area contributed by atoms with Crippen molar-refractivity contribution in [2.24, 2.45) is 5.92 Å². The van der Waals surface area contributed by atoms with Gasteiger partial charge in [0.25, 0.3) is 0 Å². The van der Waals surface area contributed by atoms with Crippen LogP contribution in [0.5, 0.6) is 5.75 Å². The molecule has 1 spiro atoms. The normalized spacial score (nSPS) is 23.7. The number of hydrogen-bond acceptors (Lipinski definition) is 3. The maximum Gasteiger partial charge on any atom is 0.225 e. The minimum Gasteiger partial charge on any atom is -0.486 e. The number of benzene rings is 1. The highest BCUT2D eigenvalue weighted by atomic mass is 16.5. The van der Waals surface area contributed by atoms with E-state index in [-0.39, 0.29) is 11.7 Å². The molecule has 4 rings (SSSR count). The fraction of sp³-hybridized carbons (Fsp3) is 0.600. The Bertz CT molecular complexity index is 640. The van der Waals surface area contributed by atoms with E-state index >= 15 is 0 Å². The Labute approximate surface area is 143 Å². The number of likely N-dealkylation sites (tertiary alicyclic amines) is 1. The van der Waals surface area contributed by atoms with E-state index in [1.165, 1.54) is 19.3 Å². The first-order valence-corrected chi connectivity index (χ1v) is 9.27. The van der Waals surface area contributed by atoms with Crippen molar-refractivity contribution < 1.29 is 14.3 Å². The molecule has 1 saturated heterocycles. The number of fused-ring (bicyclic) bond motifs is 1. The van der Waals surface area contributed by atoms with Crippen LogP contribution in [0.1, 0.15) is 61.7 Å². The van der Waals surface area contributed by atoms with Gasteiger partial charge in [0.2, 0.25) is 5.91 Å². The van der Waals surface area contributed by atoms with Crippen molar-refractivity contribution >= 4 is 11.7 Å². The van der Waals surface area contributed by atoms with Gasteiger partial charge in [-0.3, -0.25) is 9.59 Å². The van der Waals surface area contributed by atoms with Crippen LogP contribution in [0.4, 0.5) is 0 Å². The number of amides is 1. The molecule has 2 fully saturated rings. The quantitative estimate of drug-likeness (QED) is 0.792. The predicted molar refractivity (Wildman–Crippen MR) is 91.1 cm³/mol. The molecule has 0 bridgehead atoms. The molecule has 0 unspecified atom stereocenters. The number of carbonyl (C=O) groups excluding carboxylic acids is 2. The number of para-hydroxylation sites is 1. The lowest BCUT2D eigenvalue weighted by Crippen LogP contribution is -2.53. The van der Waals surface area contributed by atoms with Gasteiger partial charge in [-0.2, -0.15) is 0 Å². The summed E-state index contributed by atoms with van der Waals surface area (Å²) in [6.07, 6.45) is 7.67. The molecule has 3 aliphatic rings. The zero-order chi connectivity index (χ0) is 16.6. The highest BCUT2D eigenvalue weighted by Crippen LogP contribution is 2.39. The van der Waals surface area contributed by atoms with E-state index in [9.17, 15) is 9.59 Å². The topological polar surface area (TPSA) is 46.6 Å². The van der Waals surface area contributed by atoms with Crippen LogP contribution in [0.15, 0.2) is 24.3 Å². The van der Waals surface area contributed by atoms with Crippen molar-refractivity contribution in [3.63, 3.8) is 0 Å². The maximum atomic E-state index is 12.7. The lowest BCUT2D eigenvalue weighted by atomic mass is 9.81. The number of nitrogens with zero attached hydrogens (tertiary/aromatic N) is 1. The third-order valence-electron chi connectivity index (χ3n) is 5.94. The largest absolute Gasteiger partial charge is 0.486 e. The van der Waals surface area contributed by atoms with E-state index < -0.39 is 5.60 Å². The third kappa shape index (κ3) is 2.83. The van der Waals surface area contributed by atoms with Crippen LogP contribution < -0.4 is 4.74 Å². The Morgan fingerprint density at radius 3 is 2.54 bits per heavy atom. The number of ketones is 1. The average molecular weight is 327 g/mol. The van der Waals surface area contributed by atoms with Gasteiger partial charge in [0, 0.05) is 31.8 Å². The molecule has 128 valence electrons. The van der Waals surface area contributed by atoms with Crippen molar-refractivity contribution in [1.29, 1.82) is 0 Å². The van der Waals surface area contributed by atoms with Crippen LogP contribution in [-0.2, 0) is 4.79 Å². The van der Waals surface area contributed by atoms with Crippen molar-refractivity contribution in [3.8, 4) is 5.75 Å². The average Bonchev–Trinajstić information content (AvgIpc) is 2.62. The minimum atomic E-state index is -0.408. The second-order valence-corrected chi connectivity index (χ2v) is 7.54. The molecule has 0 aromatic heterocycles. The smallest absolute Gasteiger partial charge is 0.225 e. The molecule has 0 N–H and O–H groups in total. The van der Waals surface area contributed by atoms with E-state index in [0.29, 0.717) is 36.7 Å². The van der Waals surface area contributed by atoms with E-state index in [1.807, 2.05) is 29.2 Å². The van der Waals surface area contributed by atoms with E-state index in [0.717, 1.165) is 25.7 Å². The Morgan fingerprint density at radius 2 is 1.79 bits per heavy atom. The van der Waals surface area contributed by atoms with Gasteiger partial charge in [-0.05, 0) is 25.0 Å². The molecule has 2 heterocycles. The van der Waals surface area contributed by atoms with Crippen molar-refractivity contribution in [1.82, 2.24) is 4.90 Å². The second-order valence-electron chi connectivity index (χ2n) is 7.54. The number of Topliss-reactive ketones (excluding diaryl/α,β-unsaturated/α-hetero) is 1. The molecular formula is C20H25NO3. The molecule has 0 radical (unpaired) electrons.